The van der Waals surface area contributed by atoms with Crippen molar-refractivity contribution in [1.29, 1.82) is 5.41 Å². The highest BCUT2D eigenvalue weighted by molar-refractivity contribution is 5.98. The van der Waals surface area contributed by atoms with Crippen LogP contribution >= 0.6 is 0 Å². The number of hydrogen-bond acceptors (Lipinski definition) is 3. The minimum absolute atomic E-state index is 0.00185. The molecule has 0 spiro atoms. The molecule has 0 aliphatic carbocycles. The lowest BCUT2D eigenvalue weighted by Gasteiger charge is -2.08. The summed E-state index contributed by atoms with van der Waals surface area (Å²) in [5, 5.41) is 6.98. The van der Waals surface area contributed by atoms with Crippen molar-refractivity contribution in [3.8, 4) is 0 Å². The Labute approximate surface area is 77.2 Å². The Morgan fingerprint density at radius 3 is 2.29 bits per heavy atom. The molecule has 1 aromatic rings. The third-order valence-corrected chi connectivity index (χ3v) is 1.51. The van der Waals surface area contributed by atoms with E-state index in [1.807, 2.05) is 0 Å². The number of amidine groups is 1. The molecule has 0 bridgehead atoms. The van der Waals surface area contributed by atoms with Crippen molar-refractivity contribution in [3.63, 3.8) is 0 Å². The Morgan fingerprint density at radius 1 is 1.36 bits per heavy atom. The summed E-state index contributed by atoms with van der Waals surface area (Å²) in [6.07, 6.45) is -4.54. The molecule has 1 heterocycles. The Hall–Kier alpha value is -1.79. The van der Waals surface area contributed by atoms with Crippen molar-refractivity contribution < 1.29 is 13.2 Å². The van der Waals surface area contributed by atoms with E-state index in [0.717, 1.165) is 12.1 Å². The summed E-state index contributed by atoms with van der Waals surface area (Å²) in [6.45, 7) is 0. The summed E-state index contributed by atoms with van der Waals surface area (Å²) < 4.78 is 36.3. The lowest BCUT2D eigenvalue weighted by atomic mass is 10.2. The van der Waals surface area contributed by atoms with Crippen LogP contribution in [0.3, 0.4) is 0 Å². The molecule has 1 rings (SSSR count). The Kier molecular flexibility index (Phi) is 2.33. The molecule has 14 heavy (non-hydrogen) atoms. The SMILES string of the molecule is N=C(N)c1ccc(C(F)(F)F)nc1N. The normalized spacial score (nSPS) is 11.4. The number of alkyl halides is 3. The van der Waals surface area contributed by atoms with Gasteiger partial charge >= 0.3 is 6.18 Å². The highest BCUT2D eigenvalue weighted by Gasteiger charge is 2.32. The van der Waals surface area contributed by atoms with Gasteiger partial charge in [-0.15, -0.1) is 0 Å². The van der Waals surface area contributed by atoms with Crippen LogP contribution in [0.4, 0.5) is 19.0 Å². The van der Waals surface area contributed by atoms with Gasteiger partial charge in [0, 0.05) is 0 Å². The van der Waals surface area contributed by atoms with Gasteiger partial charge < -0.3 is 11.5 Å². The molecule has 0 radical (unpaired) electrons. The van der Waals surface area contributed by atoms with Crippen LogP contribution in [0.5, 0.6) is 0 Å². The maximum Gasteiger partial charge on any atom is 0.433 e. The van der Waals surface area contributed by atoms with Gasteiger partial charge in [0.15, 0.2) is 0 Å². The summed E-state index contributed by atoms with van der Waals surface area (Å²) in [5.41, 5.74) is 9.14. The summed E-state index contributed by atoms with van der Waals surface area (Å²) in [5.74, 6) is -0.809. The maximum atomic E-state index is 12.1. The maximum absolute atomic E-state index is 12.1. The average Bonchev–Trinajstić information content (AvgIpc) is 2.01. The molecule has 0 aliphatic heterocycles. The molecular formula is C7H7F3N4. The fourth-order valence-electron chi connectivity index (χ4n) is 0.861. The van der Waals surface area contributed by atoms with E-state index in [-0.39, 0.29) is 5.56 Å². The smallest absolute Gasteiger partial charge is 0.384 e. The first-order valence-electron chi connectivity index (χ1n) is 3.50. The molecule has 0 fully saturated rings. The molecule has 0 aromatic carbocycles. The zero-order valence-corrected chi connectivity index (χ0v) is 6.89. The Balaban J connectivity index is 3.20. The highest BCUT2D eigenvalue weighted by Crippen LogP contribution is 2.28. The number of hydrogen-bond donors (Lipinski definition) is 3. The van der Waals surface area contributed by atoms with Gasteiger partial charge in [0.1, 0.15) is 17.3 Å². The van der Waals surface area contributed by atoms with E-state index in [1.165, 1.54) is 0 Å². The van der Waals surface area contributed by atoms with E-state index < -0.39 is 23.5 Å². The lowest BCUT2D eigenvalue weighted by Crippen LogP contribution is -2.17. The molecular weight excluding hydrogens is 197 g/mol. The topological polar surface area (TPSA) is 88.8 Å². The second-order valence-electron chi connectivity index (χ2n) is 2.54. The molecule has 0 saturated heterocycles. The van der Waals surface area contributed by atoms with E-state index in [1.54, 1.807) is 0 Å². The standard InChI is InChI=1S/C7H7F3N4/c8-7(9,10)4-2-1-3(5(11)12)6(13)14-4/h1-2H,(H3,11,12)(H2,13,14). The summed E-state index contributed by atoms with van der Waals surface area (Å²) in [4.78, 5) is 3.10. The number of aromatic nitrogens is 1. The number of rotatable bonds is 1. The highest BCUT2D eigenvalue weighted by atomic mass is 19.4. The van der Waals surface area contributed by atoms with Crippen molar-refractivity contribution >= 4 is 11.7 Å². The van der Waals surface area contributed by atoms with Gasteiger partial charge in [0.05, 0.1) is 5.56 Å². The van der Waals surface area contributed by atoms with Gasteiger partial charge in [-0.25, -0.2) is 4.98 Å². The predicted octanol–water partition coefficient (Wildman–Crippen LogP) is 0.967. The first-order chi connectivity index (χ1) is 6.32. The molecule has 0 unspecified atom stereocenters. The third kappa shape index (κ3) is 1.93. The van der Waals surface area contributed by atoms with Gasteiger partial charge in [0.25, 0.3) is 0 Å². The van der Waals surface area contributed by atoms with Crippen LogP contribution < -0.4 is 11.5 Å². The summed E-state index contributed by atoms with van der Waals surface area (Å²) >= 11 is 0. The van der Waals surface area contributed by atoms with Gasteiger partial charge in [-0.3, -0.25) is 5.41 Å². The van der Waals surface area contributed by atoms with Crippen LogP contribution in [0.2, 0.25) is 0 Å². The summed E-state index contributed by atoms with van der Waals surface area (Å²) in [7, 11) is 0. The number of anilines is 1. The van der Waals surface area contributed by atoms with Crippen LogP contribution in [-0.2, 0) is 6.18 Å². The minimum Gasteiger partial charge on any atom is -0.384 e. The molecule has 0 aliphatic rings. The molecule has 1 aromatic heterocycles. The molecule has 0 saturated carbocycles. The van der Waals surface area contributed by atoms with Crippen LogP contribution in [-0.4, -0.2) is 10.8 Å². The average molecular weight is 204 g/mol. The number of pyridine rings is 1. The van der Waals surface area contributed by atoms with E-state index in [2.05, 4.69) is 4.98 Å². The van der Waals surface area contributed by atoms with E-state index in [9.17, 15) is 13.2 Å². The summed E-state index contributed by atoms with van der Waals surface area (Å²) in [6, 6.07) is 1.75. The Morgan fingerprint density at radius 2 is 1.93 bits per heavy atom. The quantitative estimate of drug-likeness (QED) is 0.470. The van der Waals surface area contributed by atoms with Crippen molar-refractivity contribution in [3.05, 3.63) is 23.4 Å². The van der Waals surface area contributed by atoms with Crippen LogP contribution in [0, 0.1) is 5.41 Å². The largest absolute Gasteiger partial charge is 0.433 e. The van der Waals surface area contributed by atoms with Gasteiger partial charge in [0.2, 0.25) is 0 Å². The fraction of sp³-hybridized carbons (Fsp3) is 0.143. The van der Waals surface area contributed by atoms with Gasteiger partial charge in [-0.2, -0.15) is 13.2 Å². The van der Waals surface area contributed by atoms with Gasteiger partial charge in [-0.1, -0.05) is 0 Å². The van der Waals surface area contributed by atoms with Crippen molar-refractivity contribution in [2.24, 2.45) is 5.73 Å². The monoisotopic (exact) mass is 204 g/mol. The zero-order chi connectivity index (χ0) is 10.9. The second-order valence-corrected chi connectivity index (χ2v) is 2.54. The van der Waals surface area contributed by atoms with Crippen LogP contribution in [0.15, 0.2) is 12.1 Å². The van der Waals surface area contributed by atoms with Crippen molar-refractivity contribution in [1.82, 2.24) is 4.98 Å². The predicted molar refractivity (Wildman–Crippen MR) is 44.7 cm³/mol. The van der Waals surface area contributed by atoms with Gasteiger partial charge in [-0.05, 0) is 12.1 Å². The number of nitrogens with zero attached hydrogens (tertiary/aromatic N) is 1. The fourth-order valence-corrected chi connectivity index (χ4v) is 0.861. The molecule has 7 heteroatoms. The molecule has 0 amide bonds. The van der Waals surface area contributed by atoms with Crippen molar-refractivity contribution in [2.75, 3.05) is 5.73 Å². The molecule has 4 nitrogen and oxygen atoms in total. The number of halogens is 3. The minimum atomic E-state index is -4.54. The first-order valence-corrected chi connectivity index (χ1v) is 3.50. The number of nitrogen functional groups attached to an aromatic ring is 2. The second kappa shape index (κ2) is 3.17. The number of nitrogens with one attached hydrogen (secondary N) is 1. The number of nitrogens with two attached hydrogens (primary N) is 2. The zero-order valence-electron chi connectivity index (χ0n) is 6.89. The molecule has 76 valence electrons. The first kappa shape index (κ1) is 10.3. The third-order valence-electron chi connectivity index (χ3n) is 1.51. The molecule has 5 N–H and O–H groups in total. The van der Waals surface area contributed by atoms with Crippen LogP contribution in [0.25, 0.3) is 0 Å². The Bertz CT molecular complexity index is 372. The van der Waals surface area contributed by atoms with E-state index >= 15 is 0 Å². The van der Waals surface area contributed by atoms with E-state index in [0.29, 0.717) is 0 Å². The lowest BCUT2D eigenvalue weighted by molar-refractivity contribution is -0.141. The van der Waals surface area contributed by atoms with E-state index in [4.69, 9.17) is 16.9 Å². The van der Waals surface area contributed by atoms with Crippen molar-refractivity contribution in [2.45, 2.75) is 6.18 Å². The molecule has 0 atom stereocenters. The van der Waals surface area contributed by atoms with Crippen LogP contribution in [0.1, 0.15) is 11.3 Å².